The van der Waals surface area contributed by atoms with Crippen LogP contribution in [-0.2, 0) is 19.1 Å². The van der Waals surface area contributed by atoms with Crippen LogP contribution in [0.1, 0.15) is 16.7 Å². The van der Waals surface area contributed by atoms with Crippen LogP contribution in [0.2, 0.25) is 5.02 Å². The molecule has 202 valence electrons. The fraction of sp³-hybridized carbons (Fsp3) is 0.346. The molecule has 0 atom stereocenters. The summed E-state index contributed by atoms with van der Waals surface area (Å²) >= 11 is 6.07. The molecule has 2 N–H and O–H groups in total. The van der Waals surface area contributed by atoms with E-state index in [0.29, 0.717) is 5.69 Å². The smallest absolute Gasteiger partial charge is 0.416 e. The molecule has 1 amide bonds. The van der Waals surface area contributed by atoms with E-state index in [1.165, 1.54) is 17.8 Å². The number of anilines is 3. The summed E-state index contributed by atoms with van der Waals surface area (Å²) in [5, 5.41) is 12.8. The fourth-order valence-electron chi connectivity index (χ4n) is 4.09. The second kappa shape index (κ2) is 12.0. The molecule has 4 rings (SSSR count). The third kappa shape index (κ3) is 7.33. The van der Waals surface area contributed by atoms with E-state index in [1.807, 2.05) is 24.3 Å². The number of halogens is 4. The van der Waals surface area contributed by atoms with Crippen molar-refractivity contribution in [2.24, 2.45) is 0 Å². The molecule has 1 fully saturated rings. The summed E-state index contributed by atoms with van der Waals surface area (Å²) in [6, 6.07) is 12.0. The monoisotopic (exact) mass is 548 g/mol. The second-order valence-electron chi connectivity index (χ2n) is 9.13. The van der Waals surface area contributed by atoms with Crippen LogP contribution >= 0.6 is 11.6 Å². The summed E-state index contributed by atoms with van der Waals surface area (Å²) in [6.07, 6.45) is -3.67. The van der Waals surface area contributed by atoms with Gasteiger partial charge in [-0.1, -0.05) is 23.7 Å². The zero-order chi connectivity index (χ0) is 27.3. The number of alkyl halides is 3. The Morgan fingerprint density at radius 3 is 2.47 bits per heavy atom. The Bertz CT molecular complexity index is 1250. The molecule has 2 aromatic carbocycles. The van der Waals surface area contributed by atoms with E-state index in [0.717, 1.165) is 62.2 Å². The summed E-state index contributed by atoms with van der Waals surface area (Å²) in [6.45, 7) is 4.86. The Labute approximate surface area is 223 Å². The molecule has 12 heteroatoms. The van der Waals surface area contributed by atoms with Crippen molar-refractivity contribution in [1.29, 1.82) is 0 Å². The first kappa shape index (κ1) is 27.6. The minimum Gasteiger partial charge on any atom is -0.465 e. The van der Waals surface area contributed by atoms with Crippen molar-refractivity contribution >= 4 is 35.1 Å². The van der Waals surface area contributed by atoms with Crippen LogP contribution in [0.4, 0.5) is 35.4 Å². The van der Waals surface area contributed by atoms with Gasteiger partial charge in [-0.05, 0) is 61.0 Å². The van der Waals surface area contributed by atoms with E-state index in [1.54, 1.807) is 0 Å². The third-order valence-electron chi connectivity index (χ3n) is 6.37. The van der Waals surface area contributed by atoms with Crippen LogP contribution in [0.3, 0.4) is 0 Å². The average Bonchev–Trinajstić information content (AvgIpc) is 2.88. The number of hydrogen-bond acceptors (Lipinski definition) is 6. The molecule has 1 aliphatic heterocycles. The van der Waals surface area contributed by atoms with Crippen LogP contribution < -0.4 is 10.2 Å². The molecule has 0 bridgehead atoms. The van der Waals surface area contributed by atoms with E-state index >= 15 is 0 Å². The van der Waals surface area contributed by atoms with E-state index in [-0.39, 0.29) is 22.4 Å². The van der Waals surface area contributed by atoms with Crippen LogP contribution in [-0.4, -0.2) is 70.7 Å². The van der Waals surface area contributed by atoms with Gasteiger partial charge in [0.2, 0.25) is 5.95 Å². The lowest BCUT2D eigenvalue weighted by molar-refractivity contribution is -0.137. The number of hydrogen-bond donors (Lipinski definition) is 2. The molecule has 0 spiro atoms. The SMILES string of the molecule is CN1CCN(CCc2ccc(Nc3nccc(N(Cc4cc(C(F)(F)F)ccc4Cl)C(=O)O)n3)cc2)CC1. The van der Waals surface area contributed by atoms with Gasteiger partial charge in [0.05, 0.1) is 12.1 Å². The van der Waals surface area contributed by atoms with Gasteiger partial charge in [0.25, 0.3) is 0 Å². The summed E-state index contributed by atoms with van der Waals surface area (Å²) in [5.74, 6) is 0.140. The van der Waals surface area contributed by atoms with Gasteiger partial charge in [-0.2, -0.15) is 18.2 Å². The number of carboxylic acid groups (broad SMARTS) is 1. The Morgan fingerprint density at radius 1 is 1.11 bits per heavy atom. The molecule has 1 aromatic heterocycles. The fourth-order valence-corrected chi connectivity index (χ4v) is 4.27. The lowest BCUT2D eigenvalue weighted by atomic mass is 10.1. The number of likely N-dealkylation sites (N-methyl/N-ethyl adjacent to an activating group) is 1. The van der Waals surface area contributed by atoms with Gasteiger partial charge in [-0.25, -0.2) is 9.78 Å². The first-order valence-electron chi connectivity index (χ1n) is 12.0. The van der Waals surface area contributed by atoms with E-state index in [9.17, 15) is 23.1 Å². The van der Waals surface area contributed by atoms with Gasteiger partial charge in [-0.3, -0.25) is 4.90 Å². The normalized spacial score (nSPS) is 14.9. The van der Waals surface area contributed by atoms with E-state index in [4.69, 9.17) is 11.6 Å². The number of carbonyl (C=O) groups is 1. The van der Waals surface area contributed by atoms with E-state index in [2.05, 4.69) is 32.1 Å². The molecule has 8 nitrogen and oxygen atoms in total. The Kier molecular flexibility index (Phi) is 8.70. The Balaban J connectivity index is 1.42. The highest BCUT2D eigenvalue weighted by Crippen LogP contribution is 2.32. The third-order valence-corrected chi connectivity index (χ3v) is 6.74. The lowest BCUT2D eigenvalue weighted by Gasteiger charge is -2.32. The molecule has 0 radical (unpaired) electrons. The topological polar surface area (TPSA) is 84.8 Å². The minimum atomic E-state index is -4.58. The van der Waals surface area contributed by atoms with Crippen LogP contribution in [0.5, 0.6) is 0 Å². The first-order chi connectivity index (χ1) is 18.1. The molecule has 1 aliphatic rings. The molecule has 0 unspecified atom stereocenters. The van der Waals surface area contributed by atoms with Crippen molar-refractivity contribution in [2.75, 3.05) is 50.0 Å². The van der Waals surface area contributed by atoms with E-state index < -0.39 is 24.4 Å². The van der Waals surface area contributed by atoms with Crippen molar-refractivity contribution in [2.45, 2.75) is 19.1 Å². The van der Waals surface area contributed by atoms with Crippen LogP contribution in [0.15, 0.2) is 54.7 Å². The largest absolute Gasteiger partial charge is 0.465 e. The number of amides is 1. The number of nitrogens with one attached hydrogen (secondary N) is 1. The number of benzene rings is 2. The molecule has 0 aliphatic carbocycles. The number of nitrogens with zero attached hydrogens (tertiary/aromatic N) is 5. The molecule has 0 saturated carbocycles. The molecule has 3 aromatic rings. The first-order valence-corrected chi connectivity index (χ1v) is 12.4. The molecular weight excluding hydrogens is 521 g/mol. The van der Waals surface area contributed by atoms with Gasteiger partial charge >= 0.3 is 12.3 Å². The number of piperazine rings is 1. The van der Waals surface area contributed by atoms with Gasteiger partial charge in [-0.15, -0.1) is 0 Å². The van der Waals surface area contributed by atoms with Crippen molar-refractivity contribution in [3.05, 3.63) is 76.4 Å². The maximum Gasteiger partial charge on any atom is 0.416 e. The highest BCUT2D eigenvalue weighted by Gasteiger charge is 2.31. The summed E-state index contributed by atoms with van der Waals surface area (Å²) in [4.78, 5) is 26.0. The van der Waals surface area contributed by atoms with Gasteiger partial charge in [0.1, 0.15) is 5.82 Å². The molecule has 38 heavy (non-hydrogen) atoms. The maximum absolute atomic E-state index is 13.1. The Morgan fingerprint density at radius 2 is 1.82 bits per heavy atom. The van der Waals surface area contributed by atoms with Crippen molar-refractivity contribution in [3.63, 3.8) is 0 Å². The summed E-state index contributed by atoms with van der Waals surface area (Å²) < 4.78 is 39.4. The van der Waals surface area contributed by atoms with Crippen molar-refractivity contribution < 1.29 is 23.1 Å². The predicted molar refractivity (Wildman–Crippen MR) is 140 cm³/mol. The predicted octanol–water partition coefficient (Wildman–Crippen LogP) is 5.37. The summed E-state index contributed by atoms with van der Waals surface area (Å²) in [5.41, 5.74) is 0.996. The second-order valence-corrected chi connectivity index (χ2v) is 9.54. The Hall–Kier alpha value is -3.41. The summed E-state index contributed by atoms with van der Waals surface area (Å²) in [7, 11) is 2.13. The van der Waals surface area contributed by atoms with Crippen LogP contribution in [0.25, 0.3) is 0 Å². The quantitative estimate of drug-likeness (QED) is 0.391. The number of aromatic nitrogens is 2. The molecule has 2 heterocycles. The van der Waals surface area contributed by atoms with Gasteiger partial charge < -0.3 is 20.2 Å². The molecule has 1 saturated heterocycles. The highest BCUT2D eigenvalue weighted by molar-refractivity contribution is 6.31. The zero-order valence-corrected chi connectivity index (χ0v) is 21.5. The standard InChI is InChI=1S/C26H28ClF3N6O2/c1-34-12-14-35(15-13-34)11-9-18-2-5-21(6-3-18)32-24-31-10-8-23(33-24)36(25(37)38)17-19-16-20(26(28,29)30)4-7-22(19)27/h2-8,10,16H,9,11-15,17H2,1H3,(H,37,38)(H,31,32,33). The average molecular weight is 549 g/mol. The number of rotatable bonds is 8. The van der Waals surface area contributed by atoms with Crippen LogP contribution in [0, 0.1) is 0 Å². The van der Waals surface area contributed by atoms with Crippen molar-refractivity contribution in [3.8, 4) is 0 Å². The minimum absolute atomic E-state index is 0.00387. The molecular formula is C26H28ClF3N6O2. The highest BCUT2D eigenvalue weighted by atomic mass is 35.5. The lowest BCUT2D eigenvalue weighted by Crippen LogP contribution is -2.45. The van der Waals surface area contributed by atoms with Gasteiger partial charge in [0.15, 0.2) is 0 Å². The maximum atomic E-state index is 13.1. The van der Waals surface area contributed by atoms with Crippen molar-refractivity contribution in [1.82, 2.24) is 19.8 Å². The zero-order valence-electron chi connectivity index (χ0n) is 20.7. The van der Waals surface area contributed by atoms with Gasteiger partial charge in [0, 0.05) is 49.6 Å².